The van der Waals surface area contributed by atoms with Crippen molar-refractivity contribution in [3.63, 3.8) is 0 Å². The summed E-state index contributed by atoms with van der Waals surface area (Å²) in [5.74, 6) is 0.816. The Bertz CT molecular complexity index is 313. The Labute approximate surface area is 76.2 Å². The highest BCUT2D eigenvalue weighted by atomic mass is 16.3. The Kier molecular flexibility index (Phi) is 2.16. The van der Waals surface area contributed by atoms with Crippen LogP contribution in [0.4, 0.5) is 0 Å². The van der Waals surface area contributed by atoms with E-state index in [1.54, 1.807) is 6.20 Å². The third kappa shape index (κ3) is 1.79. The van der Waals surface area contributed by atoms with E-state index >= 15 is 0 Å². The van der Waals surface area contributed by atoms with Crippen LogP contribution in [-0.2, 0) is 6.42 Å². The zero-order chi connectivity index (χ0) is 9.26. The maximum absolute atomic E-state index is 9.23. The molecular weight excluding hydrogens is 168 g/mol. The van der Waals surface area contributed by atoms with Gasteiger partial charge in [0, 0.05) is 18.8 Å². The van der Waals surface area contributed by atoms with Crippen LogP contribution in [0.15, 0.2) is 24.5 Å². The van der Waals surface area contributed by atoms with E-state index in [0.717, 1.165) is 5.82 Å². The predicted molar refractivity (Wildman–Crippen MR) is 47.2 cm³/mol. The van der Waals surface area contributed by atoms with E-state index in [0.29, 0.717) is 12.5 Å². The second-order valence-corrected chi connectivity index (χ2v) is 3.17. The van der Waals surface area contributed by atoms with E-state index in [9.17, 15) is 5.11 Å². The molecule has 70 valence electrons. The standard InChI is InChI=1S/C9H12N2O2/c12-6-8(13)5-9-10-3-4-11(9)7-1-2-7/h1-4,7-8,12-13H,5-6H2. The van der Waals surface area contributed by atoms with Crippen molar-refractivity contribution < 1.29 is 10.2 Å². The van der Waals surface area contributed by atoms with Gasteiger partial charge in [0.1, 0.15) is 5.82 Å². The van der Waals surface area contributed by atoms with Crippen molar-refractivity contribution >= 4 is 0 Å². The first kappa shape index (κ1) is 8.47. The van der Waals surface area contributed by atoms with Crippen molar-refractivity contribution in [1.82, 2.24) is 9.55 Å². The summed E-state index contributed by atoms with van der Waals surface area (Å²) in [5.41, 5.74) is 0. The predicted octanol–water partition coefficient (Wildman–Crippen LogP) is -0.110. The summed E-state index contributed by atoms with van der Waals surface area (Å²) in [6.45, 7) is -0.217. The fourth-order valence-electron chi connectivity index (χ4n) is 1.28. The van der Waals surface area contributed by atoms with Crippen LogP contribution in [0, 0.1) is 0 Å². The van der Waals surface area contributed by atoms with Crippen LogP contribution in [0.5, 0.6) is 0 Å². The van der Waals surface area contributed by atoms with Crippen molar-refractivity contribution in [3.05, 3.63) is 30.4 Å². The van der Waals surface area contributed by atoms with E-state index in [-0.39, 0.29) is 6.61 Å². The van der Waals surface area contributed by atoms with Gasteiger partial charge in [0.15, 0.2) is 0 Å². The van der Waals surface area contributed by atoms with Gasteiger partial charge >= 0.3 is 0 Å². The summed E-state index contributed by atoms with van der Waals surface area (Å²) in [6, 6.07) is 0.336. The molecule has 0 saturated heterocycles. The Morgan fingerprint density at radius 3 is 2.92 bits per heavy atom. The molecule has 1 aromatic rings. The minimum absolute atomic E-state index is 0.217. The molecule has 0 bridgehead atoms. The monoisotopic (exact) mass is 180 g/mol. The van der Waals surface area contributed by atoms with Crippen molar-refractivity contribution in [2.45, 2.75) is 18.6 Å². The van der Waals surface area contributed by atoms with E-state index in [2.05, 4.69) is 17.1 Å². The highest BCUT2D eigenvalue weighted by Gasteiger charge is 2.17. The van der Waals surface area contributed by atoms with Gasteiger partial charge in [0.25, 0.3) is 0 Å². The Morgan fingerprint density at radius 1 is 1.54 bits per heavy atom. The lowest BCUT2D eigenvalue weighted by atomic mass is 10.2. The average molecular weight is 180 g/mol. The number of hydrogen-bond donors (Lipinski definition) is 2. The topological polar surface area (TPSA) is 58.3 Å². The highest BCUT2D eigenvalue weighted by Crippen LogP contribution is 2.24. The van der Waals surface area contributed by atoms with Crippen LogP contribution in [0.3, 0.4) is 0 Å². The molecule has 1 aromatic heterocycles. The molecule has 2 N–H and O–H groups in total. The quantitative estimate of drug-likeness (QED) is 0.636. The van der Waals surface area contributed by atoms with E-state index in [1.165, 1.54) is 0 Å². The number of rotatable bonds is 4. The van der Waals surface area contributed by atoms with Crippen LogP contribution < -0.4 is 0 Å². The zero-order valence-electron chi connectivity index (χ0n) is 7.17. The molecule has 0 radical (unpaired) electrons. The molecule has 1 atom stereocenters. The largest absolute Gasteiger partial charge is 0.394 e. The van der Waals surface area contributed by atoms with E-state index in [4.69, 9.17) is 5.11 Å². The third-order valence-corrected chi connectivity index (χ3v) is 2.06. The lowest BCUT2D eigenvalue weighted by molar-refractivity contribution is 0.0932. The van der Waals surface area contributed by atoms with Gasteiger partial charge in [-0.05, 0) is 0 Å². The molecule has 13 heavy (non-hydrogen) atoms. The third-order valence-electron chi connectivity index (χ3n) is 2.06. The van der Waals surface area contributed by atoms with Gasteiger partial charge in [-0.25, -0.2) is 4.98 Å². The summed E-state index contributed by atoms with van der Waals surface area (Å²) in [4.78, 5) is 4.12. The van der Waals surface area contributed by atoms with Crippen molar-refractivity contribution in [1.29, 1.82) is 0 Å². The van der Waals surface area contributed by atoms with Gasteiger partial charge in [0.05, 0.1) is 18.8 Å². The van der Waals surface area contributed by atoms with Crippen molar-refractivity contribution in [2.75, 3.05) is 6.61 Å². The summed E-state index contributed by atoms with van der Waals surface area (Å²) < 4.78 is 1.98. The summed E-state index contributed by atoms with van der Waals surface area (Å²) in [6.07, 6.45) is 7.39. The molecule has 2 rings (SSSR count). The van der Waals surface area contributed by atoms with Gasteiger partial charge in [-0.15, -0.1) is 0 Å². The molecule has 0 saturated carbocycles. The fraction of sp³-hybridized carbons (Fsp3) is 0.444. The summed E-state index contributed by atoms with van der Waals surface area (Å²) in [7, 11) is 0. The van der Waals surface area contributed by atoms with Gasteiger partial charge < -0.3 is 14.8 Å². The normalized spacial score (nSPS) is 17.7. The summed E-state index contributed by atoms with van der Waals surface area (Å²) in [5, 5.41) is 17.9. The Morgan fingerprint density at radius 2 is 2.31 bits per heavy atom. The van der Waals surface area contributed by atoms with Crippen molar-refractivity contribution in [2.24, 2.45) is 0 Å². The zero-order valence-corrected chi connectivity index (χ0v) is 7.17. The molecule has 1 heterocycles. The molecule has 0 amide bonds. The average Bonchev–Trinajstić information content (AvgIpc) is 2.88. The maximum Gasteiger partial charge on any atom is 0.112 e. The first-order chi connectivity index (χ1) is 6.31. The number of imidazole rings is 1. The Balaban J connectivity index is 2.06. The molecule has 1 aliphatic carbocycles. The molecule has 0 aromatic carbocycles. The minimum atomic E-state index is -0.708. The lowest BCUT2D eigenvalue weighted by Crippen LogP contribution is -2.18. The summed E-state index contributed by atoms with van der Waals surface area (Å²) >= 11 is 0. The van der Waals surface area contributed by atoms with Crippen LogP contribution in [0.1, 0.15) is 11.9 Å². The highest BCUT2D eigenvalue weighted by molar-refractivity contribution is 5.20. The number of aliphatic hydroxyl groups excluding tert-OH is 2. The second-order valence-electron chi connectivity index (χ2n) is 3.17. The molecule has 4 heteroatoms. The molecule has 4 nitrogen and oxygen atoms in total. The number of nitrogens with zero attached hydrogens (tertiary/aromatic N) is 2. The lowest BCUT2D eigenvalue weighted by Gasteiger charge is -2.09. The van der Waals surface area contributed by atoms with E-state index < -0.39 is 6.10 Å². The number of aromatic nitrogens is 2. The minimum Gasteiger partial charge on any atom is -0.394 e. The van der Waals surface area contributed by atoms with Gasteiger partial charge in [0.2, 0.25) is 0 Å². The first-order valence-corrected chi connectivity index (χ1v) is 4.30. The molecule has 0 aliphatic heterocycles. The van der Waals surface area contributed by atoms with Crippen LogP contribution in [0.25, 0.3) is 0 Å². The van der Waals surface area contributed by atoms with Gasteiger partial charge in [-0.2, -0.15) is 0 Å². The number of allylic oxidation sites excluding steroid dienone is 2. The Hall–Kier alpha value is -1.13. The van der Waals surface area contributed by atoms with Gasteiger partial charge in [-0.3, -0.25) is 0 Å². The number of aliphatic hydroxyl groups is 2. The van der Waals surface area contributed by atoms with Crippen LogP contribution in [0.2, 0.25) is 0 Å². The number of hydrogen-bond acceptors (Lipinski definition) is 3. The fourth-order valence-corrected chi connectivity index (χ4v) is 1.28. The SMILES string of the molecule is OCC(O)Cc1nccn1C1C=C1. The van der Waals surface area contributed by atoms with Crippen LogP contribution >= 0.6 is 0 Å². The second kappa shape index (κ2) is 3.32. The maximum atomic E-state index is 9.23. The first-order valence-electron chi connectivity index (χ1n) is 4.30. The van der Waals surface area contributed by atoms with Gasteiger partial charge in [-0.1, -0.05) is 12.2 Å². The molecule has 0 fully saturated rings. The molecule has 0 spiro atoms. The van der Waals surface area contributed by atoms with Crippen molar-refractivity contribution in [3.8, 4) is 0 Å². The van der Waals surface area contributed by atoms with Crippen LogP contribution in [-0.4, -0.2) is 32.5 Å². The molecule has 1 unspecified atom stereocenters. The molecular formula is C9H12N2O2. The molecule has 1 aliphatic rings. The van der Waals surface area contributed by atoms with E-state index in [1.807, 2.05) is 10.8 Å². The smallest absolute Gasteiger partial charge is 0.112 e.